The van der Waals surface area contributed by atoms with E-state index < -0.39 is 11.7 Å². The molecule has 0 spiro atoms. The van der Waals surface area contributed by atoms with Crippen LogP contribution in [0.3, 0.4) is 0 Å². The Morgan fingerprint density at radius 2 is 1.93 bits per heavy atom. The van der Waals surface area contributed by atoms with Gasteiger partial charge in [0.15, 0.2) is 11.8 Å². The summed E-state index contributed by atoms with van der Waals surface area (Å²) in [4.78, 5) is 8.32. The fourth-order valence-electron chi connectivity index (χ4n) is 3.06. The topological polar surface area (TPSA) is 73.0 Å². The molecular formula is C20H15F3N4O2. The summed E-state index contributed by atoms with van der Waals surface area (Å²) in [6.45, 7) is 2.58. The molecule has 2 aromatic heterocycles. The van der Waals surface area contributed by atoms with Gasteiger partial charge in [-0.25, -0.2) is 4.98 Å². The first kappa shape index (κ1) is 18.8. The maximum absolute atomic E-state index is 12.7. The molecule has 1 atom stereocenters. The molecule has 148 valence electrons. The van der Waals surface area contributed by atoms with Gasteiger partial charge >= 0.3 is 6.18 Å². The van der Waals surface area contributed by atoms with E-state index in [1.807, 2.05) is 17.6 Å². The van der Waals surface area contributed by atoms with Crippen LogP contribution in [-0.4, -0.2) is 27.2 Å². The zero-order valence-electron chi connectivity index (χ0n) is 15.3. The molecule has 3 aromatic rings. The van der Waals surface area contributed by atoms with E-state index in [0.29, 0.717) is 35.3 Å². The molecule has 0 amide bonds. The van der Waals surface area contributed by atoms with Crippen molar-refractivity contribution in [3.05, 3.63) is 59.5 Å². The Hall–Kier alpha value is -3.54. The highest BCUT2D eigenvalue weighted by Crippen LogP contribution is 2.31. The Kier molecular flexibility index (Phi) is 4.62. The molecule has 0 saturated carbocycles. The molecule has 4 rings (SSSR count). The van der Waals surface area contributed by atoms with E-state index in [9.17, 15) is 13.2 Å². The summed E-state index contributed by atoms with van der Waals surface area (Å²) in [5, 5.41) is 8.98. The van der Waals surface area contributed by atoms with Crippen molar-refractivity contribution >= 4 is 0 Å². The number of nitrogens with zero attached hydrogens (tertiary/aromatic N) is 4. The standard InChI is InChI=1S/C20H15F3N4O2/c1-12-17(8-24)26-19-27(12)10-16(29-19)11-28-18-7-4-14(9-25-18)13-2-5-15(6-3-13)20(21,22)23/h2-7,9,16H,10-11H2,1H3. The third kappa shape index (κ3) is 3.74. The van der Waals surface area contributed by atoms with Gasteiger partial charge in [0.1, 0.15) is 12.7 Å². The fourth-order valence-corrected chi connectivity index (χ4v) is 3.06. The van der Waals surface area contributed by atoms with Gasteiger partial charge in [-0.3, -0.25) is 4.57 Å². The molecule has 0 aliphatic carbocycles. The highest BCUT2D eigenvalue weighted by molar-refractivity contribution is 5.63. The molecule has 0 radical (unpaired) electrons. The summed E-state index contributed by atoms with van der Waals surface area (Å²) in [5.74, 6) is 0.378. The molecule has 6 nitrogen and oxygen atoms in total. The van der Waals surface area contributed by atoms with E-state index in [0.717, 1.165) is 17.8 Å². The zero-order chi connectivity index (χ0) is 20.6. The van der Waals surface area contributed by atoms with Crippen LogP contribution in [-0.2, 0) is 12.7 Å². The molecule has 0 N–H and O–H groups in total. The summed E-state index contributed by atoms with van der Waals surface area (Å²) in [6, 6.07) is 10.7. The number of aromatic nitrogens is 3. The first-order chi connectivity index (χ1) is 13.8. The minimum Gasteiger partial charge on any atom is -0.474 e. The number of benzene rings is 1. The van der Waals surface area contributed by atoms with Crippen LogP contribution in [0.15, 0.2) is 42.6 Å². The minimum atomic E-state index is -4.36. The Balaban J connectivity index is 1.36. The quantitative estimate of drug-likeness (QED) is 0.662. The summed E-state index contributed by atoms with van der Waals surface area (Å²) in [6.07, 6.45) is -3.07. The molecular weight excluding hydrogens is 385 g/mol. The van der Waals surface area contributed by atoms with Gasteiger partial charge in [0.2, 0.25) is 5.88 Å². The monoisotopic (exact) mass is 400 g/mol. The Bertz CT molecular complexity index is 1070. The van der Waals surface area contributed by atoms with E-state index in [4.69, 9.17) is 14.7 Å². The predicted molar refractivity (Wildman–Crippen MR) is 96.3 cm³/mol. The predicted octanol–water partition coefficient (Wildman–Crippen LogP) is 3.98. The van der Waals surface area contributed by atoms with Crippen LogP contribution in [0.2, 0.25) is 0 Å². The normalized spacial score (nSPS) is 15.5. The second-order valence-electron chi connectivity index (χ2n) is 6.56. The Labute approximate surface area is 164 Å². The fraction of sp³-hybridized carbons (Fsp3) is 0.250. The average Bonchev–Trinajstić information content (AvgIpc) is 3.25. The van der Waals surface area contributed by atoms with E-state index in [1.54, 1.807) is 18.3 Å². The molecule has 0 bridgehead atoms. The van der Waals surface area contributed by atoms with Gasteiger partial charge in [-0.1, -0.05) is 12.1 Å². The smallest absolute Gasteiger partial charge is 0.416 e. The molecule has 9 heteroatoms. The van der Waals surface area contributed by atoms with Crippen molar-refractivity contribution in [2.24, 2.45) is 0 Å². The first-order valence-electron chi connectivity index (χ1n) is 8.75. The number of alkyl halides is 3. The number of ether oxygens (including phenoxy) is 2. The van der Waals surface area contributed by atoms with Crippen molar-refractivity contribution < 1.29 is 22.6 Å². The Morgan fingerprint density at radius 1 is 1.21 bits per heavy atom. The van der Waals surface area contributed by atoms with Crippen LogP contribution in [0.25, 0.3) is 11.1 Å². The van der Waals surface area contributed by atoms with Gasteiger partial charge in [-0.2, -0.15) is 23.4 Å². The first-order valence-corrected chi connectivity index (χ1v) is 8.75. The van der Waals surface area contributed by atoms with Crippen molar-refractivity contribution in [3.8, 4) is 29.1 Å². The maximum atomic E-state index is 12.7. The summed E-state index contributed by atoms with van der Waals surface area (Å²) in [5.41, 5.74) is 1.72. The lowest BCUT2D eigenvalue weighted by Crippen LogP contribution is -2.24. The Morgan fingerprint density at radius 3 is 2.52 bits per heavy atom. The van der Waals surface area contributed by atoms with Crippen molar-refractivity contribution in [3.63, 3.8) is 0 Å². The van der Waals surface area contributed by atoms with Crippen LogP contribution in [0.1, 0.15) is 17.0 Å². The van der Waals surface area contributed by atoms with Gasteiger partial charge in [-0.05, 0) is 30.7 Å². The lowest BCUT2D eigenvalue weighted by Gasteiger charge is -2.11. The highest BCUT2D eigenvalue weighted by atomic mass is 19.4. The van der Waals surface area contributed by atoms with Crippen LogP contribution < -0.4 is 9.47 Å². The van der Waals surface area contributed by atoms with Crippen molar-refractivity contribution in [2.45, 2.75) is 25.7 Å². The lowest BCUT2D eigenvalue weighted by atomic mass is 10.1. The number of imidazole rings is 1. The van der Waals surface area contributed by atoms with E-state index in [-0.39, 0.29) is 12.7 Å². The van der Waals surface area contributed by atoms with E-state index >= 15 is 0 Å². The largest absolute Gasteiger partial charge is 0.474 e. The van der Waals surface area contributed by atoms with Crippen LogP contribution in [0.4, 0.5) is 13.2 Å². The maximum Gasteiger partial charge on any atom is 0.416 e. The van der Waals surface area contributed by atoms with Gasteiger partial charge in [0.05, 0.1) is 17.8 Å². The number of fused-ring (bicyclic) bond motifs is 1. The van der Waals surface area contributed by atoms with Crippen LogP contribution in [0, 0.1) is 18.3 Å². The lowest BCUT2D eigenvalue weighted by molar-refractivity contribution is -0.137. The van der Waals surface area contributed by atoms with Crippen molar-refractivity contribution in [1.82, 2.24) is 14.5 Å². The molecule has 1 aromatic carbocycles. The molecule has 29 heavy (non-hydrogen) atoms. The number of rotatable bonds is 4. The highest BCUT2D eigenvalue weighted by Gasteiger charge is 2.30. The van der Waals surface area contributed by atoms with Crippen molar-refractivity contribution in [2.75, 3.05) is 6.61 Å². The zero-order valence-corrected chi connectivity index (χ0v) is 15.3. The number of nitriles is 1. The second-order valence-corrected chi connectivity index (χ2v) is 6.56. The van der Waals surface area contributed by atoms with E-state index in [2.05, 4.69) is 9.97 Å². The molecule has 0 saturated heterocycles. The number of hydrogen-bond acceptors (Lipinski definition) is 5. The molecule has 1 unspecified atom stereocenters. The van der Waals surface area contributed by atoms with Gasteiger partial charge in [-0.15, -0.1) is 0 Å². The van der Waals surface area contributed by atoms with Crippen LogP contribution >= 0.6 is 0 Å². The number of pyridine rings is 1. The number of halogens is 3. The summed E-state index contributed by atoms with van der Waals surface area (Å²) in [7, 11) is 0. The second kappa shape index (κ2) is 7.13. The van der Waals surface area contributed by atoms with E-state index in [1.165, 1.54) is 12.1 Å². The van der Waals surface area contributed by atoms with Gasteiger partial charge in [0, 0.05) is 17.8 Å². The van der Waals surface area contributed by atoms with Gasteiger partial charge < -0.3 is 9.47 Å². The van der Waals surface area contributed by atoms with Crippen LogP contribution in [0.5, 0.6) is 11.9 Å². The average molecular weight is 400 g/mol. The third-order valence-electron chi connectivity index (χ3n) is 4.65. The van der Waals surface area contributed by atoms with Crippen molar-refractivity contribution in [1.29, 1.82) is 5.26 Å². The number of hydrogen-bond donors (Lipinski definition) is 0. The molecule has 1 aliphatic heterocycles. The summed E-state index contributed by atoms with van der Waals surface area (Å²) < 4.78 is 51.1. The molecule has 3 heterocycles. The third-order valence-corrected chi connectivity index (χ3v) is 4.65. The molecule has 1 aliphatic rings. The summed E-state index contributed by atoms with van der Waals surface area (Å²) >= 11 is 0. The molecule has 0 fully saturated rings. The SMILES string of the molecule is Cc1c(C#N)nc2n1CC(COc1ccc(-c3ccc(C(F)(F)F)cc3)cn1)O2. The minimum absolute atomic E-state index is 0.247. The van der Waals surface area contributed by atoms with Gasteiger partial charge in [0.25, 0.3) is 6.01 Å².